The third-order valence-corrected chi connectivity index (χ3v) is 6.05. The van der Waals surface area contributed by atoms with E-state index in [-0.39, 0.29) is 0 Å². The summed E-state index contributed by atoms with van der Waals surface area (Å²) >= 11 is 2.03. The second-order valence-electron chi connectivity index (χ2n) is 6.14. The van der Waals surface area contributed by atoms with Gasteiger partial charge in [0, 0.05) is 11.3 Å². The molecule has 2 unspecified atom stereocenters. The maximum absolute atomic E-state index is 3.94. The molecule has 1 nitrogen and oxygen atoms in total. The second kappa shape index (κ2) is 5.51. The average Bonchev–Trinajstić information content (AvgIpc) is 3.12. The Kier molecular flexibility index (Phi) is 3.52. The molecule has 0 amide bonds. The van der Waals surface area contributed by atoms with Crippen molar-refractivity contribution in [1.29, 1.82) is 0 Å². The Balaban J connectivity index is 1.66. The third-order valence-electron chi connectivity index (χ3n) is 4.95. The molecule has 2 heteroatoms. The summed E-state index contributed by atoms with van der Waals surface area (Å²) in [6.07, 6.45) is 6.22. The molecule has 0 saturated heterocycles. The van der Waals surface area contributed by atoms with Crippen LogP contribution in [0.1, 0.15) is 36.4 Å². The highest BCUT2D eigenvalue weighted by molar-refractivity contribution is 7.99. The topological polar surface area (TPSA) is 12.0 Å². The number of benzene rings is 2. The zero-order chi connectivity index (χ0) is 14.2. The molecule has 2 aromatic carbocycles. The second-order valence-corrected chi connectivity index (χ2v) is 7.28. The van der Waals surface area contributed by atoms with Gasteiger partial charge in [-0.25, -0.2) is 0 Å². The van der Waals surface area contributed by atoms with Gasteiger partial charge in [-0.05, 0) is 47.8 Å². The Bertz CT molecular complexity index is 606. The minimum Gasteiger partial charge on any atom is -0.303 e. The van der Waals surface area contributed by atoms with E-state index in [9.17, 15) is 0 Å². The van der Waals surface area contributed by atoms with Gasteiger partial charge in [0.05, 0.1) is 6.04 Å². The van der Waals surface area contributed by atoms with Crippen LogP contribution in [0.25, 0.3) is 11.1 Å². The van der Waals surface area contributed by atoms with Gasteiger partial charge in [-0.15, -0.1) is 0 Å². The van der Waals surface area contributed by atoms with Gasteiger partial charge < -0.3 is 5.32 Å². The summed E-state index contributed by atoms with van der Waals surface area (Å²) in [4.78, 5) is 0. The van der Waals surface area contributed by atoms with E-state index in [2.05, 4.69) is 60.1 Å². The van der Waals surface area contributed by atoms with Crippen molar-refractivity contribution in [3.05, 3.63) is 59.7 Å². The molecule has 0 heterocycles. The fourth-order valence-corrected chi connectivity index (χ4v) is 4.67. The summed E-state index contributed by atoms with van der Waals surface area (Å²) in [5.41, 5.74) is 5.72. The summed E-state index contributed by atoms with van der Waals surface area (Å²) < 4.78 is 0. The van der Waals surface area contributed by atoms with Crippen molar-refractivity contribution < 1.29 is 0 Å². The molecule has 0 spiro atoms. The summed E-state index contributed by atoms with van der Waals surface area (Å²) in [6, 6.07) is 18.8. The van der Waals surface area contributed by atoms with Crippen molar-refractivity contribution in [3.63, 3.8) is 0 Å². The first-order chi connectivity index (χ1) is 10.4. The van der Waals surface area contributed by atoms with E-state index in [1.807, 2.05) is 11.8 Å². The standard InChI is InChI=1S/C19H21NS/c1-21-14-11-10-13(12-14)20-19-17-8-4-2-6-15(17)16-7-3-5-9-18(16)19/h2-9,13-14,19-20H,10-12H2,1H3. The largest absolute Gasteiger partial charge is 0.303 e. The lowest BCUT2D eigenvalue weighted by atomic mass is 10.0. The van der Waals surface area contributed by atoms with E-state index in [0.717, 1.165) is 5.25 Å². The monoisotopic (exact) mass is 295 g/mol. The molecule has 108 valence electrons. The van der Waals surface area contributed by atoms with Crippen LogP contribution in [0.15, 0.2) is 48.5 Å². The molecule has 2 aliphatic rings. The normalized spacial score (nSPS) is 24.0. The van der Waals surface area contributed by atoms with Gasteiger partial charge in [-0.2, -0.15) is 11.8 Å². The van der Waals surface area contributed by atoms with Gasteiger partial charge in [-0.3, -0.25) is 0 Å². The molecular weight excluding hydrogens is 274 g/mol. The molecule has 1 fully saturated rings. The molecule has 0 bridgehead atoms. The van der Waals surface area contributed by atoms with Gasteiger partial charge >= 0.3 is 0 Å². The Labute approximate surface area is 131 Å². The predicted molar refractivity (Wildman–Crippen MR) is 91.8 cm³/mol. The molecule has 0 aromatic heterocycles. The molecule has 2 aromatic rings. The molecule has 4 rings (SSSR count). The number of fused-ring (bicyclic) bond motifs is 3. The fraction of sp³-hybridized carbons (Fsp3) is 0.368. The van der Waals surface area contributed by atoms with Gasteiger partial charge in [0.25, 0.3) is 0 Å². The van der Waals surface area contributed by atoms with Gasteiger partial charge in [0.1, 0.15) is 0 Å². The van der Waals surface area contributed by atoms with Gasteiger partial charge in [0.15, 0.2) is 0 Å². The van der Waals surface area contributed by atoms with Crippen LogP contribution in [-0.2, 0) is 0 Å². The van der Waals surface area contributed by atoms with E-state index in [0.29, 0.717) is 12.1 Å². The zero-order valence-electron chi connectivity index (χ0n) is 12.4. The van der Waals surface area contributed by atoms with Crippen LogP contribution >= 0.6 is 11.8 Å². The molecule has 2 atom stereocenters. The summed E-state index contributed by atoms with van der Waals surface area (Å²) in [5, 5.41) is 4.78. The summed E-state index contributed by atoms with van der Waals surface area (Å²) in [6.45, 7) is 0. The third kappa shape index (κ3) is 2.31. The predicted octanol–water partition coefficient (Wildman–Crippen LogP) is 4.63. The minimum absolute atomic E-state index is 0.378. The molecule has 2 aliphatic carbocycles. The Morgan fingerprint density at radius 3 is 2.10 bits per heavy atom. The first kappa shape index (κ1) is 13.4. The Morgan fingerprint density at radius 1 is 0.905 bits per heavy atom. The van der Waals surface area contributed by atoms with E-state index < -0.39 is 0 Å². The van der Waals surface area contributed by atoms with E-state index in [1.54, 1.807) is 0 Å². The number of hydrogen-bond donors (Lipinski definition) is 1. The number of rotatable bonds is 3. The maximum atomic E-state index is 3.94. The van der Waals surface area contributed by atoms with Crippen LogP contribution in [0.3, 0.4) is 0 Å². The van der Waals surface area contributed by atoms with Gasteiger partial charge in [-0.1, -0.05) is 48.5 Å². The highest BCUT2D eigenvalue weighted by Gasteiger charge is 2.32. The average molecular weight is 295 g/mol. The molecular formula is C19H21NS. The first-order valence-electron chi connectivity index (χ1n) is 7.84. The summed E-state index contributed by atoms with van der Waals surface area (Å²) in [7, 11) is 0. The van der Waals surface area contributed by atoms with Crippen LogP contribution in [0.4, 0.5) is 0 Å². The van der Waals surface area contributed by atoms with Crippen molar-refractivity contribution >= 4 is 11.8 Å². The van der Waals surface area contributed by atoms with Crippen LogP contribution in [0.2, 0.25) is 0 Å². The van der Waals surface area contributed by atoms with Crippen LogP contribution < -0.4 is 5.32 Å². The molecule has 1 N–H and O–H groups in total. The highest BCUT2D eigenvalue weighted by Crippen LogP contribution is 2.44. The quantitative estimate of drug-likeness (QED) is 0.886. The SMILES string of the molecule is CSC1CCC(NC2c3ccccc3-c3ccccc32)C1. The molecule has 0 radical (unpaired) electrons. The van der Waals surface area contributed by atoms with Crippen molar-refractivity contribution in [2.24, 2.45) is 0 Å². The molecule has 0 aliphatic heterocycles. The zero-order valence-corrected chi connectivity index (χ0v) is 13.2. The molecule has 1 saturated carbocycles. The smallest absolute Gasteiger partial charge is 0.0591 e. The van der Waals surface area contributed by atoms with E-state index in [4.69, 9.17) is 0 Å². The Morgan fingerprint density at radius 2 is 1.52 bits per heavy atom. The van der Waals surface area contributed by atoms with Crippen molar-refractivity contribution in [2.45, 2.75) is 36.6 Å². The summed E-state index contributed by atoms with van der Waals surface area (Å²) in [5.74, 6) is 0. The maximum Gasteiger partial charge on any atom is 0.0591 e. The number of thioether (sulfide) groups is 1. The highest BCUT2D eigenvalue weighted by atomic mass is 32.2. The number of hydrogen-bond acceptors (Lipinski definition) is 2. The van der Waals surface area contributed by atoms with Crippen molar-refractivity contribution in [3.8, 4) is 11.1 Å². The lowest BCUT2D eigenvalue weighted by Gasteiger charge is -2.21. The fourth-order valence-electron chi connectivity index (χ4n) is 3.88. The first-order valence-corrected chi connectivity index (χ1v) is 9.12. The van der Waals surface area contributed by atoms with Crippen LogP contribution in [0, 0.1) is 0 Å². The van der Waals surface area contributed by atoms with E-state index >= 15 is 0 Å². The lowest BCUT2D eigenvalue weighted by Crippen LogP contribution is -2.30. The molecule has 21 heavy (non-hydrogen) atoms. The van der Waals surface area contributed by atoms with Crippen LogP contribution in [0.5, 0.6) is 0 Å². The minimum atomic E-state index is 0.378. The Hall–Kier alpha value is -1.25. The van der Waals surface area contributed by atoms with E-state index in [1.165, 1.54) is 41.5 Å². The van der Waals surface area contributed by atoms with Crippen LogP contribution in [-0.4, -0.2) is 17.5 Å². The lowest BCUT2D eigenvalue weighted by molar-refractivity contribution is 0.485. The van der Waals surface area contributed by atoms with Gasteiger partial charge in [0.2, 0.25) is 0 Å². The van der Waals surface area contributed by atoms with Crippen molar-refractivity contribution in [1.82, 2.24) is 5.32 Å². The van der Waals surface area contributed by atoms with Crippen molar-refractivity contribution in [2.75, 3.05) is 6.26 Å². The number of nitrogens with one attached hydrogen (secondary N) is 1.